The summed E-state index contributed by atoms with van der Waals surface area (Å²) in [5.41, 5.74) is 2.76. The molecule has 8 heteroatoms. The fraction of sp³-hybridized carbons (Fsp3) is 0.269. The lowest BCUT2D eigenvalue weighted by atomic mass is 10.2. The number of furan rings is 1. The molecule has 1 amide bonds. The number of carbonyl (C=O) groups excluding carboxylic acids is 1. The third-order valence-electron chi connectivity index (χ3n) is 6.11. The van der Waals surface area contributed by atoms with Crippen LogP contribution in [0.1, 0.15) is 21.9 Å². The van der Waals surface area contributed by atoms with Crippen LogP contribution < -0.4 is 19.9 Å². The van der Waals surface area contributed by atoms with Gasteiger partial charge < -0.3 is 24.3 Å². The zero-order valence-electron chi connectivity index (χ0n) is 19.3. The number of amides is 1. The lowest BCUT2D eigenvalue weighted by molar-refractivity contribution is 0.0921. The average molecular weight is 458 g/mol. The van der Waals surface area contributed by atoms with Crippen LogP contribution in [-0.2, 0) is 6.54 Å². The van der Waals surface area contributed by atoms with E-state index in [1.807, 2.05) is 49.4 Å². The van der Waals surface area contributed by atoms with Crippen LogP contribution in [0.15, 0.2) is 65.3 Å². The Balaban J connectivity index is 1.36. The molecule has 1 aliphatic heterocycles. The van der Waals surface area contributed by atoms with Crippen molar-refractivity contribution in [1.29, 1.82) is 0 Å². The highest BCUT2D eigenvalue weighted by molar-refractivity contribution is 5.93. The fourth-order valence-corrected chi connectivity index (χ4v) is 4.32. The molecule has 0 unspecified atom stereocenters. The summed E-state index contributed by atoms with van der Waals surface area (Å²) in [5.74, 6) is 2.38. The van der Waals surface area contributed by atoms with Crippen molar-refractivity contribution in [3.05, 3.63) is 78.0 Å². The van der Waals surface area contributed by atoms with Crippen LogP contribution in [0.2, 0.25) is 0 Å². The number of hydrogen-bond donors (Lipinski definition) is 1. The molecule has 4 aromatic rings. The molecule has 1 fully saturated rings. The van der Waals surface area contributed by atoms with Gasteiger partial charge in [-0.15, -0.1) is 0 Å². The number of para-hydroxylation sites is 3. The number of anilines is 2. The van der Waals surface area contributed by atoms with Crippen LogP contribution in [-0.4, -0.2) is 49.2 Å². The summed E-state index contributed by atoms with van der Waals surface area (Å²) in [7, 11) is 1.70. The number of nitrogens with zero attached hydrogens (tertiary/aromatic N) is 4. The maximum atomic E-state index is 12.5. The number of rotatable bonds is 6. The van der Waals surface area contributed by atoms with Crippen molar-refractivity contribution in [2.75, 3.05) is 43.1 Å². The van der Waals surface area contributed by atoms with Gasteiger partial charge in [0.25, 0.3) is 5.91 Å². The molecule has 1 saturated heterocycles. The third-order valence-corrected chi connectivity index (χ3v) is 6.11. The molecule has 174 valence electrons. The number of aryl methyl sites for hydroxylation is 1. The van der Waals surface area contributed by atoms with E-state index in [9.17, 15) is 4.79 Å². The Morgan fingerprint density at radius 2 is 1.74 bits per heavy atom. The normalized spacial score (nSPS) is 13.8. The molecule has 3 heterocycles. The van der Waals surface area contributed by atoms with Gasteiger partial charge in [0.2, 0.25) is 0 Å². The molecule has 8 nitrogen and oxygen atoms in total. The highest BCUT2D eigenvalue weighted by Gasteiger charge is 2.23. The van der Waals surface area contributed by atoms with Gasteiger partial charge in [-0.2, -0.15) is 0 Å². The molecule has 1 N–H and O–H groups in total. The quantitative estimate of drug-likeness (QED) is 0.472. The summed E-state index contributed by atoms with van der Waals surface area (Å²) in [6.45, 7) is 5.39. The zero-order chi connectivity index (χ0) is 23.5. The molecule has 0 spiro atoms. The van der Waals surface area contributed by atoms with Gasteiger partial charge >= 0.3 is 0 Å². The minimum Gasteiger partial charge on any atom is -0.495 e. The molecule has 2 aromatic heterocycles. The second-order valence-electron chi connectivity index (χ2n) is 8.24. The van der Waals surface area contributed by atoms with Gasteiger partial charge in [0.1, 0.15) is 11.6 Å². The fourth-order valence-electron chi connectivity index (χ4n) is 4.32. The number of fused-ring (bicyclic) bond motifs is 1. The third kappa shape index (κ3) is 4.26. The Morgan fingerprint density at radius 3 is 2.50 bits per heavy atom. The first-order valence-electron chi connectivity index (χ1n) is 11.3. The Morgan fingerprint density at radius 1 is 1.00 bits per heavy atom. The van der Waals surface area contributed by atoms with Crippen LogP contribution in [0.5, 0.6) is 5.75 Å². The van der Waals surface area contributed by atoms with Crippen molar-refractivity contribution in [3.63, 3.8) is 0 Å². The second kappa shape index (κ2) is 9.43. The maximum absolute atomic E-state index is 12.5. The summed E-state index contributed by atoms with van der Waals surface area (Å²) >= 11 is 0. The van der Waals surface area contributed by atoms with Crippen molar-refractivity contribution < 1.29 is 13.9 Å². The van der Waals surface area contributed by atoms with Crippen LogP contribution in [0.4, 0.5) is 11.5 Å². The Bertz CT molecular complexity index is 1310. The Hall–Kier alpha value is -4.07. The van der Waals surface area contributed by atoms with Gasteiger partial charge in [-0.1, -0.05) is 24.3 Å². The predicted octanol–water partition coefficient (Wildman–Crippen LogP) is 3.80. The van der Waals surface area contributed by atoms with E-state index in [0.717, 1.165) is 59.9 Å². The van der Waals surface area contributed by atoms with Gasteiger partial charge in [0, 0.05) is 37.1 Å². The first kappa shape index (κ1) is 21.8. The van der Waals surface area contributed by atoms with Crippen molar-refractivity contribution >= 4 is 28.3 Å². The summed E-state index contributed by atoms with van der Waals surface area (Å²) in [6.07, 6.45) is 1.51. The molecule has 34 heavy (non-hydrogen) atoms. The number of hydrogen-bond acceptors (Lipinski definition) is 7. The molecular formula is C26H27N5O3. The molecular weight excluding hydrogens is 430 g/mol. The monoisotopic (exact) mass is 457 g/mol. The summed E-state index contributed by atoms with van der Waals surface area (Å²) < 4.78 is 10.8. The van der Waals surface area contributed by atoms with Gasteiger partial charge in [-0.25, -0.2) is 9.97 Å². The molecule has 5 rings (SSSR count). The van der Waals surface area contributed by atoms with E-state index < -0.39 is 0 Å². The van der Waals surface area contributed by atoms with E-state index in [1.165, 1.54) is 6.26 Å². The standard InChI is InChI=1S/C26H27N5O3/c1-18-11-16-34-24(18)26(32)27-17-23-28-20-8-4-3-7-19(20)25(29-23)31-14-12-30(13-15-31)21-9-5-6-10-22(21)33-2/h3-11,16H,12-15,17H2,1-2H3,(H,27,32). The Kier molecular flexibility index (Phi) is 6.03. The molecule has 0 aliphatic carbocycles. The van der Waals surface area contributed by atoms with E-state index in [-0.39, 0.29) is 12.5 Å². The van der Waals surface area contributed by atoms with Crippen molar-refractivity contribution in [2.24, 2.45) is 0 Å². The van der Waals surface area contributed by atoms with Crippen LogP contribution in [0.25, 0.3) is 10.9 Å². The number of ether oxygens (including phenoxy) is 1. The number of aromatic nitrogens is 2. The highest BCUT2D eigenvalue weighted by Crippen LogP contribution is 2.30. The highest BCUT2D eigenvalue weighted by atomic mass is 16.5. The number of piperazine rings is 1. The molecule has 1 aliphatic rings. The smallest absolute Gasteiger partial charge is 0.287 e. The lowest BCUT2D eigenvalue weighted by Gasteiger charge is -2.37. The van der Waals surface area contributed by atoms with E-state index in [1.54, 1.807) is 13.2 Å². The zero-order valence-corrected chi connectivity index (χ0v) is 19.3. The van der Waals surface area contributed by atoms with Gasteiger partial charge in [-0.3, -0.25) is 4.79 Å². The predicted molar refractivity (Wildman–Crippen MR) is 132 cm³/mol. The van der Waals surface area contributed by atoms with Crippen LogP contribution >= 0.6 is 0 Å². The van der Waals surface area contributed by atoms with E-state index in [0.29, 0.717) is 11.6 Å². The average Bonchev–Trinajstić information content (AvgIpc) is 3.32. The van der Waals surface area contributed by atoms with Gasteiger partial charge in [0.05, 0.1) is 31.1 Å². The summed E-state index contributed by atoms with van der Waals surface area (Å²) in [5, 5.41) is 3.88. The van der Waals surface area contributed by atoms with E-state index >= 15 is 0 Å². The van der Waals surface area contributed by atoms with Gasteiger partial charge in [0.15, 0.2) is 11.6 Å². The molecule has 0 atom stereocenters. The number of methoxy groups -OCH3 is 1. The largest absolute Gasteiger partial charge is 0.495 e. The SMILES string of the molecule is COc1ccccc1N1CCN(c2nc(CNC(=O)c3occc3C)nc3ccccc23)CC1. The topological polar surface area (TPSA) is 83.7 Å². The minimum absolute atomic E-state index is 0.220. The summed E-state index contributed by atoms with van der Waals surface area (Å²) in [4.78, 5) is 26.7. The summed E-state index contributed by atoms with van der Waals surface area (Å²) in [6, 6.07) is 17.9. The number of benzene rings is 2. The molecule has 0 saturated carbocycles. The first-order chi connectivity index (χ1) is 16.6. The van der Waals surface area contributed by atoms with Crippen LogP contribution in [0, 0.1) is 6.92 Å². The molecule has 2 aromatic carbocycles. The molecule has 0 radical (unpaired) electrons. The van der Waals surface area contributed by atoms with Crippen molar-refractivity contribution in [3.8, 4) is 5.75 Å². The second-order valence-corrected chi connectivity index (χ2v) is 8.24. The maximum Gasteiger partial charge on any atom is 0.287 e. The first-order valence-corrected chi connectivity index (χ1v) is 11.3. The Labute approximate surface area is 198 Å². The minimum atomic E-state index is -0.272. The van der Waals surface area contributed by atoms with Crippen LogP contribution in [0.3, 0.4) is 0 Å². The van der Waals surface area contributed by atoms with E-state index in [4.69, 9.17) is 14.1 Å². The van der Waals surface area contributed by atoms with Crippen molar-refractivity contribution in [1.82, 2.24) is 15.3 Å². The molecule has 0 bridgehead atoms. The number of nitrogens with one attached hydrogen (secondary N) is 1. The van der Waals surface area contributed by atoms with Gasteiger partial charge in [-0.05, 0) is 37.3 Å². The lowest BCUT2D eigenvalue weighted by Crippen LogP contribution is -2.47. The number of carbonyl (C=O) groups is 1. The van der Waals surface area contributed by atoms with Crippen molar-refractivity contribution in [2.45, 2.75) is 13.5 Å². The van der Waals surface area contributed by atoms with E-state index in [2.05, 4.69) is 26.2 Å².